The molecule has 1 rings (SSSR count). The lowest BCUT2D eigenvalue weighted by Crippen LogP contribution is -2.61. The van der Waals surface area contributed by atoms with Crippen molar-refractivity contribution < 1.29 is 72.1 Å². The number of ether oxygens (including phenoxy) is 3. The number of nitrogens with one attached hydrogen (secondary N) is 2. The molecule has 0 aliphatic carbocycles. The molecule has 2 N–H and O–H groups in total. The van der Waals surface area contributed by atoms with Gasteiger partial charge in [-0.25, -0.2) is 9.59 Å². The molecule has 1 aromatic carbocycles. The summed E-state index contributed by atoms with van der Waals surface area (Å²) < 4.78 is 161. The number of amides is 2. The molecule has 0 aromatic heterocycles. The predicted octanol–water partition coefficient (Wildman–Crippen LogP) is 10.7. The molecule has 0 heterocycles. The molecule has 0 atom stereocenters. The van der Waals surface area contributed by atoms with Gasteiger partial charge in [0.1, 0.15) is 5.75 Å². The third-order valence-electron chi connectivity index (χ3n) is 6.16. The third-order valence-corrected chi connectivity index (χ3v) is 6.16. The highest BCUT2D eigenvalue weighted by atomic mass is 19.4. The van der Waals surface area contributed by atoms with Crippen LogP contribution >= 0.6 is 0 Å². The Morgan fingerprint density at radius 3 is 1.43 bits per heavy atom. The summed E-state index contributed by atoms with van der Waals surface area (Å²) in [5.41, 5.74) is -0.866. The average molecular weight is 689 g/mol. The molecule has 0 bridgehead atoms. The fourth-order valence-electron chi connectivity index (χ4n) is 3.64. The SMILES string of the molecule is CCCCCCCOC(=O)Nc1cc(NC(=O)OCCCCCCC)cc(OC(F)=C(F)C(F)(F)C(F)(F)C(F)(F)C(F)(F)F)c1. The second-order valence-electron chi connectivity index (χ2n) is 10.0. The summed E-state index contributed by atoms with van der Waals surface area (Å²) in [6, 6.07) is -1.18. The molecule has 0 aliphatic heterocycles. The Morgan fingerprint density at radius 1 is 0.630 bits per heavy atom. The van der Waals surface area contributed by atoms with Crippen molar-refractivity contribution in [2.24, 2.45) is 0 Å². The summed E-state index contributed by atoms with van der Waals surface area (Å²) >= 11 is 0. The number of hydrogen-bond donors (Lipinski definition) is 2. The Hall–Kier alpha value is -3.47. The van der Waals surface area contributed by atoms with E-state index in [-0.39, 0.29) is 13.2 Å². The molecule has 7 nitrogen and oxygen atoms in total. The third kappa shape index (κ3) is 11.7. The first-order chi connectivity index (χ1) is 21.3. The first-order valence-electron chi connectivity index (χ1n) is 14.3. The van der Waals surface area contributed by atoms with Crippen molar-refractivity contribution in [3.63, 3.8) is 0 Å². The fraction of sp³-hybridized carbons (Fsp3) is 0.643. The van der Waals surface area contributed by atoms with Crippen LogP contribution in [0.2, 0.25) is 0 Å². The van der Waals surface area contributed by atoms with E-state index in [1.54, 1.807) is 0 Å². The summed E-state index contributed by atoms with van der Waals surface area (Å²) in [5.74, 6) is -27.3. The van der Waals surface area contributed by atoms with Gasteiger partial charge in [0.05, 0.1) is 13.2 Å². The van der Waals surface area contributed by atoms with Gasteiger partial charge in [-0.2, -0.15) is 48.3 Å². The summed E-state index contributed by atoms with van der Waals surface area (Å²) in [6.45, 7) is 3.89. The Bertz CT molecular complexity index is 1110. The second kappa shape index (κ2) is 18.0. The van der Waals surface area contributed by atoms with Crippen LogP contribution in [0.25, 0.3) is 0 Å². The lowest BCUT2D eigenvalue weighted by Gasteiger charge is -2.32. The molecule has 18 heteroatoms. The van der Waals surface area contributed by atoms with Gasteiger partial charge in [-0.1, -0.05) is 65.2 Å². The van der Waals surface area contributed by atoms with Crippen LogP contribution in [0.5, 0.6) is 5.75 Å². The fourth-order valence-corrected chi connectivity index (χ4v) is 3.64. The summed E-state index contributed by atoms with van der Waals surface area (Å²) in [4.78, 5) is 24.3. The van der Waals surface area contributed by atoms with Gasteiger partial charge >= 0.3 is 42.1 Å². The van der Waals surface area contributed by atoms with E-state index in [0.717, 1.165) is 57.4 Å². The topological polar surface area (TPSA) is 85.9 Å². The van der Waals surface area contributed by atoms with Crippen molar-refractivity contribution in [2.75, 3.05) is 23.8 Å². The maximum absolute atomic E-state index is 14.3. The van der Waals surface area contributed by atoms with Gasteiger partial charge in [-0.3, -0.25) is 10.6 Å². The zero-order chi connectivity index (χ0) is 35.2. The number of alkyl halides is 9. The van der Waals surface area contributed by atoms with Gasteiger partial charge in [0, 0.05) is 23.5 Å². The standard InChI is InChI=1S/C28H35F11N2O5/c1-3-5-7-9-11-13-44-23(42)40-18-15-19(41-24(43)45-14-12-10-8-6-4-2)17-20(16-18)46-22(30)21(29)25(31,32)26(33,34)27(35,36)28(37,38)39/h15-17H,3-14H2,1-2H3,(H,40,42)(H,41,43). The summed E-state index contributed by atoms with van der Waals surface area (Å²) in [6.07, 6.45) is -1.50. The molecule has 264 valence electrons. The second-order valence-corrected chi connectivity index (χ2v) is 10.0. The molecule has 0 saturated carbocycles. The minimum absolute atomic E-state index is 0.0458. The van der Waals surface area contributed by atoms with Gasteiger partial charge in [-0.05, 0) is 18.9 Å². The van der Waals surface area contributed by atoms with Crippen LogP contribution in [0.1, 0.15) is 78.1 Å². The molecular formula is C28H35F11N2O5. The Morgan fingerprint density at radius 2 is 1.04 bits per heavy atom. The van der Waals surface area contributed by atoms with Crippen molar-refractivity contribution in [1.82, 2.24) is 0 Å². The number of benzene rings is 1. The number of rotatable bonds is 19. The molecule has 2 amide bonds. The lowest BCUT2D eigenvalue weighted by molar-refractivity contribution is -0.392. The Balaban J connectivity index is 3.23. The van der Waals surface area contributed by atoms with Gasteiger partial charge in [0.2, 0.25) is 5.83 Å². The zero-order valence-electron chi connectivity index (χ0n) is 24.9. The maximum atomic E-state index is 14.3. The first-order valence-corrected chi connectivity index (χ1v) is 14.3. The smallest absolute Gasteiger partial charge is 0.449 e. The highest BCUT2D eigenvalue weighted by molar-refractivity contribution is 5.89. The van der Waals surface area contributed by atoms with Crippen LogP contribution in [0.15, 0.2) is 30.0 Å². The average Bonchev–Trinajstić information content (AvgIpc) is 2.95. The lowest BCUT2D eigenvalue weighted by atomic mass is 10.0. The molecule has 0 spiro atoms. The van der Waals surface area contributed by atoms with E-state index in [9.17, 15) is 57.9 Å². The maximum Gasteiger partial charge on any atom is 0.460 e. The van der Waals surface area contributed by atoms with Crippen LogP contribution in [-0.4, -0.2) is 49.3 Å². The largest absolute Gasteiger partial charge is 0.460 e. The van der Waals surface area contributed by atoms with Crippen LogP contribution < -0.4 is 15.4 Å². The van der Waals surface area contributed by atoms with Gasteiger partial charge in [0.25, 0.3) is 0 Å². The monoisotopic (exact) mass is 688 g/mol. The van der Waals surface area contributed by atoms with Crippen molar-refractivity contribution in [2.45, 2.75) is 102 Å². The number of halogens is 11. The Kier molecular flexibility index (Phi) is 15.9. The normalized spacial score (nSPS) is 13.2. The number of unbranched alkanes of at least 4 members (excludes halogenated alkanes) is 8. The predicted molar refractivity (Wildman–Crippen MR) is 145 cm³/mol. The highest BCUT2D eigenvalue weighted by Crippen LogP contribution is 2.55. The van der Waals surface area contributed by atoms with Crippen molar-refractivity contribution in [3.05, 3.63) is 30.0 Å². The van der Waals surface area contributed by atoms with Crippen molar-refractivity contribution in [3.8, 4) is 5.75 Å². The number of allylic oxidation sites excluding steroid dienone is 1. The molecular weight excluding hydrogens is 653 g/mol. The van der Waals surface area contributed by atoms with E-state index in [4.69, 9.17) is 9.47 Å². The molecule has 1 aromatic rings. The quantitative estimate of drug-likeness (QED) is 0.0858. The summed E-state index contributed by atoms with van der Waals surface area (Å²) in [5, 5.41) is 4.21. The highest BCUT2D eigenvalue weighted by Gasteiger charge is 2.83. The number of carbonyl (C=O) groups is 2. The van der Waals surface area contributed by atoms with Gasteiger partial charge in [0.15, 0.2) is 0 Å². The summed E-state index contributed by atoms with van der Waals surface area (Å²) in [7, 11) is 0. The minimum atomic E-state index is -7.50. The van der Waals surface area contributed by atoms with Crippen LogP contribution in [0, 0.1) is 0 Å². The van der Waals surface area contributed by atoms with Crippen LogP contribution in [0.3, 0.4) is 0 Å². The molecule has 0 unspecified atom stereocenters. The molecule has 46 heavy (non-hydrogen) atoms. The molecule has 0 radical (unpaired) electrons. The minimum Gasteiger partial charge on any atom is -0.449 e. The van der Waals surface area contributed by atoms with E-state index in [1.165, 1.54) is 0 Å². The van der Waals surface area contributed by atoms with Gasteiger partial charge < -0.3 is 14.2 Å². The van der Waals surface area contributed by atoms with E-state index >= 15 is 0 Å². The van der Waals surface area contributed by atoms with Crippen molar-refractivity contribution >= 4 is 23.6 Å². The molecule has 0 saturated heterocycles. The van der Waals surface area contributed by atoms with E-state index < -0.39 is 65.1 Å². The van der Waals surface area contributed by atoms with Crippen LogP contribution in [-0.2, 0) is 9.47 Å². The van der Waals surface area contributed by atoms with Gasteiger partial charge in [-0.15, -0.1) is 0 Å². The van der Waals surface area contributed by atoms with E-state index in [1.807, 2.05) is 13.8 Å². The number of carbonyl (C=O) groups excluding carboxylic acids is 2. The van der Waals surface area contributed by atoms with Crippen LogP contribution in [0.4, 0.5) is 69.3 Å². The molecule has 0 aliphatic rings. The van der Waals surface area contributed by atoms with Crippen molar-refractivity contribution in [1.29, 1.82) is 0 Å². The van der Waals surface area contributed by atoms with E-state index in [0.29, 0.717) is 25.0 Å². The molecule has 0 fully saturated rings. The number of anilines is 2. The first kappa shape index (κ1) is 40.6. The van der Waals surface area contributed by atoms with E-state index in [2.05, 4.69) is 15.4 Å². The zero-order valence-corrected chi connectivity index (χ0v) is 24.9. The Labute approximate surface area is 257 Å². The number of hydrogen-bond acceptors (Lipinski definition) is 5.